The summed E-state index contributed by atoms with van der Waals surface area (Å²) in [4.78, 5) is 5.77. The van der Waals surface area contributed by atoms with Gasteiger partial charge in [0.25, 0.3) is 0 Å². The van der Waals surface area contributed by atoms with Crippen molar-refractivity contribution < 1.29 is 4.74 Å². The van der Waals surface area contributed by atoms with Gasteiger partial charge in [-0.2, -0.15) is 0 Å². The average molecular weight is 293 g/mol. The van der Waals surface area contributed by atoms with Crippen LogP contribution in [0.25, 0.3) is 29.7 Å². The first-order valence-electron chi connectivity index (χ1n) is 6.51. The Morgan fingerprint density at radius 2 is 2.05 bits per heavy atom. The van der Waals surface area contributed by atoms with Gasteiger partial charge >= 0.3 is 0 Å². The van der Waals surface area contributed by atoms with Gasteiger partial charge in [0.05, 0.1) is 11.8 Å². The highest BCUT2D eigenvalue weighted by Gasteiger charge is 2.15. The molecule has 4 nitrogen and oxygen atoms in total. The number of benzene rings is 1. The van der Waals surface area contributed by atoms with E-state index < -0.39 is 0 Å². The molecule has 3 heterocycles. The van der Waals surface area contributed by atoms with Crippen molar-refractivity contribution in [1.82, 2.24) is 14.8 Å². The van der Waals surface area contributed by atoms with E-state index in [1.807, 2.05) is 47.9 Å². The molecule has 0 amide bonds. The molecule has 2 aromatic heterocycles. The Kier molecular flexibility index (Phi) is 2.90. The molecule has 0 saturated carbocycles. The number of aromatic nitrogens is 3. The molecule has 1 aliphatic rings. The number of ether oxygens (including phenoxy) is 1. The third-order valence-corrected chi connectivity index (χ3v) is 3.95. The van der Waals surface area contributed by atoms with E-state index in [0.717, 1.165) is 17.1 Å². The van der Waals surface area contributed by atoms with Crippen molar-refractivity contribution >= 4 is 29.7 Å². The van der Waals surface area contributed by atoms with Crippen LogP contribution < -0.4 is 4.74 Å². The van der Waals surface area contributed by atoms with Crippen LogP contribution in [0, 0.1) is 0 Å². The quantitative estimate of drug-likeness (QED) is 0.717. The summed E-state index contributed by atoms with van der Waals surface area (Å²) in [6.45, 7) is 0. The molecule has 4 rings (SSSR count). The highest BCUT2D eigenvalue weighted by Crippen LogP contribution is 2.31. The molecule has 102 valence electrons. The number of para-hydroxylation sites is 1. The van der Waals surface area contributed by atoms with Gasteiger partial charge in [-0.3, -0.25) is 0 Å². The maximum absolute atomic E-state index is 5.55. The summed E-state index contributed by atoms with van der Waals surface area (Å²) < 4.78 is 7.29. The number of thiophene rings is 1. The van der Waals surface area contributed by atoms with Gasteiger partial charge in [0, 0.05) is 4.88 Å². The standard InChI is InChI=1S/C16H11N3OS/c1-2-6-14-13(5-1)16-17-15(18-19(16)9-10-20-14)8-7-12-4-3-11-21-12/h1-11H. The van der Waals surface area contributed by atoms with Crippen molar-refractivity contribution in [1.29, 1.82) is 0 Å². The zero-order valence-electron chi connectivity index (χ0n) is 11.0. The lowest BCUT2D eigenvalue weighted by Gasteiger charge is -2.02. The van der Waals surface area contributed by atoms with E-state index in [1.54, 1.807) is 28.5 Å². The van der Waals surface area contributed by atoms with Crippen molar-refractivity contribution in [2.75, 3.05) is 0 Å². The number of hydrogen-bond acceptors (Lipinski definition) is 4. The van der Waals surface area contributed by atoms with Crippen LogP contribution in [0.5, 0.6) is 5.75 Å². The normalized spacial score (nSPS) is 12.8. The molecule has 21 heavy (non-hydrogen) atoms. The zero-order chi connectivity index (χ0) is 14.1. The van der Waals surface area contributed by atoms with Crippen molar-refractivity contribution in [3.63, 3.8) is 0 Å². The summed E-state index contributed by atoms with van der Waals surface area (Å²) in [5.74, 6) is 2.25. The Morgan fingerprint density at radius 1 is 1.10 bits per heavy atom. The Labute approximate surface area is 125 Å². The van der Waals surface area contributed by atoms with Crippen molar-refractivity contribution in [3.8, 4) is 17.1 Å². The molecule has 0 fully saturated rings. The Hall–Kier alpha value is -2.66. The number of fused-ring (bicyclic) bond motifs is 3. The summed E-state index contributed by atoms with van der Waals surface area (Å²) in [6.07, 6.45) is 7.33. The van der Waals surface area contributed by atoms with E-state index in [4.69, 9.17) is 4.74 Å². The van der Waals surface area contributed by atoms with Crippen LogP contribution in [0.4, 0.5) is 0 Å². The molecule has 0 atom stereocenters. The van der Waals surface area contributed by atoms with Crippen LogP contribution in [0.2, 0.25) is 0 Å². The smallest absolute Gasteiger partial charge is 0.175 e. The minimum absolute atomic E-state index is 0.680. The fourth-order valence-corrected chi connectivity index (χ4v) is 2.77. The van der Waals surface area contributed by atoms with Crippen molar-refractivity contribution in [2.24, 2.45) is 0 Å². The monoisotopic (exact) mass is 293 g/mol. The molecule has 0 spiro atoms. The number of hydrogen-bond donors (Lipinski definition) is 0. The van der Waals surface area contributed by atoms with Crippen LogP contribution in [0.3, 0.4) is 0 Å². The maximum Gasteiger partial charge on any atom is 0.175 e. The molecule has 0 saturated heterocycles. The first kappa shape index (κ1) is 12.1. The van der Waals surface area contributed by atoms with Crippen LogP contribution in [0.15, 0.2) is 48.0 Å². The van der Waals surface area contributed by atoms with E-state index in [-0.39, 0.29) is 0 Å². The van der Waals surface area contributed by atoms with Crippen LogP contribution in [-0.2, 0) is 0 Å². The maximum atomic E-state index is 5.55. The zero-order valence-corrected chi connectivity index (χ0v) is 11.8. The number of nitrogens with zero attached hydrogens (tertiary/aromatic N) is 3. The molecule has 1 aromatic carbocycles. The first-order chi connectivity index (χ1) is 10.4. The second-order valence-corrected chi connectivity index (χ2v) is 5.47. The van der Waals surface area contributed by atoms with Gasteiger partial charge < -0.3 is 4.74 Å². The minimum atomic E-state index is 0.680. The second kappa shape index (κ2) is 5.03. The Bertz CT molecular complexity index is 831. The average Bonchev–Trinajstić information content (AvgIpc) is 3.12. The predicted molar refractivity (Wildman–Crippen MR) is 84.7 cm³/mol. The highest BCUT2D eigenvalue weighted by molar-refractivity contribution is 7.10. The van der Waals surface area contributed by atoms with Gasteiger partial charge in [-0.25, -0.2) is 9.67 Å². The fraction of sp³-hybridized carbons (Fsp3) is 0. The molecule has 1 aliphatic heterocycles. The third-order valence-electron chi connectivity index (χ3n) is 3.11. The molecular weight excluding hydrogens is 282 g/mol. The molecule has 3 aromatic rings. The lowest BCUT2D eigenvalue weighted by Crippen LogP contribution is -1.91. The van der Waals surface area contributed by atoms with Gasteiger partial charge in [0.1, 0.15) is 12.0 Å². The van der Waals surface area contributed by atoms with Crippen molar-refractivity contribution in [2.45, 2.75) is 0 Å². The summed E-state index contributed by atoms with van der Waals surface area (Å²) >= 11 is 1.69. The first-order valence-corrected chi connectivity index (χ1v) is 7.39. The summed E-state index contributed by atoms with van der Waals surface area (Å²) in [5, 5.41) is 6.51. The molecule has 0 N–H and O–H groups in total. The summed E-state index contributed by atoms with van der Waals surface area (Å²) in [5.41, 5.74) is 0.936. The fourth-order valence-electron chi connectivity index (χ4n) is 2.16. The molecular formula is C16H11N3OS. The van der Waals surface area contributed by atoms with Crippen LogP contribution in [-0.4, -0.2) is 14.8 Å². The third kappa shape index (κ3) is 2.28. The Morgan fingerprint density at radius 3 is 2.95 bits per heavy atom. The van der Waals surface area contributed by atoms with E-state index >= 15 is 0 Å². The number of rotatable bonds is 2. The lowest BCUT2D eigenvalue weighted by molar-refractivity contribution is 0.487. The minimum Gasteiger partial charge on any atom is -0.463 e. The molecule has 0 unspecified atom stereocenters. The topological polar surface area (TPSA) is 39.9 Å². The van der Waals surface area contributed by atoms with Gasteiger partial charge in [0.2, 0.25) is 0 Å². The molecule has 0 radical (unpaired) electrons. The van der Waals surface area contributed by atoms with Crippen LogP contribution in [0.1, 0.15) is 10.7 Å². The van der Waals surface area contributed by atoms with E-state index in [0.29, 0.717) is 5.82 Å². The van der Waals surface area contributed by atoms with E-state index in [1.165, 1.54) is 4.88 Å². The van der Waals surface area contributed by atoms with E-state index in [2.05, 4.69) is 16.1 Å². The van der Waals surface area contributed by atoms with Gasteiger partial charge in [-0.15, -0.1) is 16.4 Å². The van der Waals surface area contributed by atoms with Gasteiger partial charge in [-0.1, -0.05) is 18.2 Å². The Balaban J connectivity index is 1.76. The van der Waals surface area contributed by atoms with Gasteiger partial charge in [-0.05, 0) is 35.7 Å². The molecule has 0 bridgehead atoms. The lowest BCUT2D eigenvalue weighted by atomic mass is 10.2. The SMILES string of the molecule is C1=Cn2nc(C=Cc3cccs3)nc2-c2ccccc2O1. The second-order valence-electron chi connectivity index (χ2n) is 4.49. The predicted octanol–water partition coefficient (Wildman–Crippen LogP) is 4.00. The molecule has 0 aliphatic carbocycles. The summed E-state index contributed by atoms with van der Waals surface area (Å²) in [6, 6.07) is 11.9. The summed E-state index contributed by atoms with van der Waals surface area (Å²) in [7, 11) is 0. The van der Waals surface area contributed by atoms with Gasteiger partial charge in [0.15, 0.2) is 11.6 Å². The van der Waals surface area contributed by atoms with Crippen molar-refractivity contribution in [3.05, 3.63) is 58.7 Å². The van der Waals surface area contributed by atoms with Crippen LogP contribution >= 0.6 is 11.3 Å². The highest BCUT2D eigenvalue weighted by atomic mass is 32.1. The largest absolute Gasteiger partial charge is 0.463 e. The van der Waals surface area contributed by atoms with E-state index in [9.17, 15) is 0 Å². The molecule has 5 heteroatoms.